The van der Waals surface area contributed by atoms with Crippen molar-refractivity contribution in [1.29, 1.82) is 0 Å². The van der Waals surface area contributed by atoms with Crippen molar-refractivity contribution >= 4 is 17.8 Å². The van der Waals surface area contributed by atoms with Crippen LogP contribution in [0.4, 0.5) is 5.69 Å². The molecule has 1 aromatic heterocycles. The van der Waals surface area contributed by atoms with Gasteiger partial charge in [0.05, 0.1) is 26.1 Å². The average molecular weight is 272 g/mol. The van der Waals surface area contributed by atoms with E-state index in [9.17, 15) is 0 Å². The first kappa shape index (κ1) is 13.9. The highest BCUT2D eigenvalue weighted by Gasteiger charge is 2.03. The van der Waals surface area contributed by atoms with Gasteiger partial charge in [-0.15, -0.1) is 0 Å². The summed E-state index contributed by atoms with van der Waals surface area (Å²) in [6.45, 7) is 0. The molecule has 0 saturated carbocycles. The van der Waals surface area contributed by atoms with Crippen molar-refractivity contribution in [2.75, 3.05) is 19.7 Å². The predicted octanol–water partition coefficient (Wildman–Crippen LogP) is 3.07. The third-order valence-electron chi connectivity index (χ3n) is 2.86. The van der Waals surface area contributed by atoms with E-state index in [-0.39, 0.29) is 0 Å². The van der Waals surface area contributed by atoms with Crippen LogP contribution in [0.2, 0.25) is 0 Å². The summed E-state index contributed by atoms with van der Waals surface area (Å²) in [6.07, 6.45) is 6.97. The van der Waals surface area contributed by atoms with Crippen LogP contribution in [0.25, 0.3) is 12.2 Å². The number of nitrogens with one attached hydrogen (secondary N) is 1. The van der Waals surface area contributed by atoms with Crippen molar-refractivity contribution < 1.29 is 14.7 Å². The smallest absolute Gasteiger partial charge is 0.129 e. The van der Waals surface area contributed by atoms with Crippen molar-refractivity contribution in [3.63, 3.8) is 0 Å². The highest BCUT2D eigenvalue weighted by atomic mass is 16.5. The Kier molecular flexibility index (Phi) is 4.57. The zero-order valence-corrected chi connectivity index (χ0v) is 11.3. The average Bonchev–Trinajstić information content (AvgIpc) is 2.52. The monoisotopic (exact) mass is 272 g/mol. The van der Waals surface area contributed by atoms with Crippen LogP contribution in [0.5, 0.6) is 11.5 Å². The van der Waals surface area contributed by atoms with E-state index in [0.29, 0.717) is 11.4 Å². The molecule has 5 nitrogen and oxygen atoms in total. The zero-order chi connectivity index (χ0) is 14.4. The van der Waals surface area contributed by atoms with Gasteiger partial charge in [0.25, 0.3) is 0 Å². The lowest BCUT2D eigenvalue weighted by Gasteiger charge is -2.07. The Bertz CT molecular complexity index is 612. The molecule has 0 aliphatic heterocycles. The SMILES string of the molecule is COc1ccc(/C=C/c2ccncc2NO)c(OC)c1. The maximum absolute atomic E-state index is 9.02. The van der Waals surface area contributed by atoms with Crippen molar-refractivity contribution in [2.45, 2.75) is 0 Å². The molecule has 0 unspecified atom stereocenters. The number of methoxy groups -OCH3 is 2. The third kappa shape index (κ3) is 3.07. The van der Waals surface area contributed by atoms with E-state index in [1.807, 2.05) is 30.4 Å². The molecular formula is C15H16N2O3. The van der Waals surface area contributed by atoms with Crippen LogP contribution >= 0.6 is 0 Å². The Labute approximate surface area is 117 Å². The number of hydrogen-bond acceptors (Lipinski definition) is 5. The van der Waals surface area contributed by atoms with E-state index < -0.39 is 0 Å². The van der Waals surface area contributed by atoms with Crippen LogP contribution in [-0.2, 0) is 0 Å². The second-order valence-electron chi connectivity index (χ2n) is 4.02. The molecule has 0 fully saturated rings. The molecule has 0 spiro atoms. The largest absolute Gasteiger partial charge is 0.497 e. The fourth-order valence-corrected chi connectivity index (χ4v) is 1.78. The number of hydrogen-bond donors (Lipinski definition) is 2. The lowest BCUT2D eigenvalue weighted by Crippen LogP contribution is -1.93. The molecule has 0 aliphatic carbocycles. The van der Waals surface area contributed by atoms with Crippen molar-refractivity contribution in [2.24, 2.45) is 0 Å². The van der Waals surface area contributed by atoms with Crippen LogP contribution in [-0.4, -0.2) is 24.4 Å². The fourth-order valence-electron chi connectivity index (χ4n) is 1.78. The van der Waals surface area contributed by atoms with Gasteiger partial charge in [-0.1, -0.05) is 12.2 Å². The summed E-state index contributed by atoms with van der Waals surface area (Å²) in [6, 6.07) is 7.38. The van der Waals surface area contributed by atoms with Gasteiger partial charge in [0, 0.05) is 23.4 Å². The molecule has 0 radical (unpaired) electrons. The summed E-state index contributed by atoms with van der Waals surface area (Å²) in [4.78, 5) is 3.93. The van der Waals surface area contributed by atoms with Crippen LogP contribution < -0.4 is 15.0 Å². The summed E-state index contributed by atoms with van der Waals surface area (Å²) in [7, 11) is 3.22. The summed E-state index contributed by atoms with van der Waals surface area (Å²) in [5.74, 6) is 1.45. The Morgan fingerprint density at radius 3 is 2.60 bits per heavy atom. The van der Waals surface area contributed by atoms with Gasteiger partial charge in [-0.2, -0.15) is 0 Å². The molecule has 2 N–H and O–H groups in total. The van der Waals surface area contributed by atoms with E-state index in [4.69, 9.17) is 14.7 Å². The lowest BCUT2D eigenvalue weighted by molar-refractivity contribution is 0.388. The van der Waals surface area contributed by atoms with Gasteiger partial charge < -0.3 is 9.47 Å². The molecular weight excluding hydrogens is 256 g/mol. The molecule has 2 aromatic rings. The first-order valence-electron chi connectivity index (χ1n) is 6.02. The minimum Gasteiger partial charge on any atom is -0.497 e. The highest BCUT2D eigenvalue weighted by Crippen LogP contribution is 2.26. The molecule has 1 aromatic carbocycles. The van der Waals surface area contributed by atoms with Gasteiger partial charge in [-0.3, -0.25) is 15.7 Å². The molecule has 1 heterocycles. The second kappa shape index (κ2) is 6.58. The maximum Gasteiger partial charge on any atom is 0.129 e. The van der Waals surface area contributed by atoms with E-state index in [1.54, 1.807) is 32.7 Å². The van der Waals surface area contributed by atoms with E-state index in [1.165, 1.54) is 0 Å². The lowest BCUT2D eigenvalue weighted by atomic mass is 10.1. The molecule has 104 valence electrons. The first-order valence-corrected chi connectivity index (χ1v) is 6.02. The van der Waals surface area contributed by atoms with E-state index in [0.717, 1.165) is 16.9 Å². The van der Waals surface area contributed by atoms with Crippen molar-refractivity contribution in [3.8, 4) is 11.5 Å². The topological polar surface area (TPSA) is 63.6 Å². The van der Waals surface area contributed by atoms with Gasteiger partial charge in [0.2, 0.25) is 0 Å². The van der Waals surface area contributed by atoms with E-state index >= 15 is 0 Å². The van der Waals surface area contributed by atoms with Crippen LogP contribution in [0.3, 0.4) is 0 Å². The van der Waals surface area contributed by atoms with Gasteiger partial charge in [0.1, 0.15) is 11.5 Å². The Morgan fingerprint density at radius 1 is 1.10 bits per heavy atom. The second-order valence-corrected chi connectivity index (χ2v) is 4.02. The molecule has 0 amide bonds. The fraction of sp³-hybridized carbons (Fsp3) is 0.133. The zero-order valence-electron chi connectivity index (χ0n) is 11.3. The van der Waals surface area contributed by atoms with Crippen LogP contribution in [0, 0.1) is 0 Å². The molecule has 0 saturated heterocycles. The minimum atomic E-state index is 0.538. The Morgan fingerprint density at radius 2 is 1.90 bits per heavy atom. The molecule has 20 heavy (non-hydrogen) atoms. The molecule has 0 bridgehead atoms. The van der Waals surface area contributed by atoms with Gasteiger partial charge in [-0.05, 0) is 18.2 Å². The molecule has 2 rings (SSSR count). The summed E-state index contributed by atoms with van der Waals surface area (Å²) in [5.41, 5.74) is 4.38. The normalized spacial score (nSPS) is 10.6. The minimum absolute atomic E-state index is 0.538. The predicted molar refractivity (Wildman–Crippen MR) is 78.1 cm³/mol. The number of rotatable bonds is 5. The molecule has 0 atom stereocenters. The molecule has 0 aliphatic rings. The summed E-state index contributed by atoms with van der Waals surface area (Å²) >= 11 is 0. The Hall–Kier alpha value is -2.53. The van der Waals surface area contributed by atoms with E-state index in [2.05, 4.69) is 10.5 Å². The van der Waals surface area contributed by atoms with Gasteiger partial charge >= 0.3 is 0 Å². The number of benzene rings is 1. The van der Waals surface area contributed by atoms with Gasteiger partial charge in [-0.25, -0.2) is 0 Å². The number of ether oxygens (including phenoxy) is 2. The van der Waals surface area contributed by atoms with Crippen LogP contribution in [0.1, 0.15) is 11.1 Å². The standard InChI is InChI=1S/C15H16N2O3/c1-19-13-6-5-12(15(9-13)20-2)4-3-11-7-8-16-10-14(11)17-18/h3-10,17-18H,1-2H3/b4-3+. The van der Waals surface area contributed by atoms with Gasteiger partial charge in [0.15, 0.2) is 0 Å². The third-order valence-corrected chi connectivity index (χ3v) is 2.86. The van der Waals surface area contributed by atoms with Crippen molar-refractivity contribution in [1.82, 2.24) is 4.98 Å². The summed E-state index contributed by atoms with van der Waals surface area (Å²) in [5, 5.41) is 9.02. The highest BCUT2D eigenvalue weighted by molar-refractivity contribution is 5.77. The number of aromatic nitrogens is 1. The summed E-state index contributed by atoms with van der Waals surface area (Å²) < 4.78 is 10.5. The van der Waals surface area contributed by atoms with Crippen molar-refractivity contribution in [3.05, 3.63) is 47.8 Å². The number of pyridine rings is 1. The number of nitrogens with zero attached hydrogens (tertiary/aromatic N) is 1. The molecule has 5 heteroatoms. The Balaban J connectivity index is 2.31. The quantitative estimate of drug-likeness (QED) is 0.819. The number of anilines is 1. The van der Waals surface area contributed by atoms with Crippen LogP contribution in [0.15, 0.2) is 36.7 Å². The first-order chi connectivity index (χ1) is 9.78. The maximum atomic E-state index is 9.02.